The van der Waals surface area contributed by atoms with Gasteiger partial charge in [-0.15, -0.1) is 0 Å². The highest BCUT2D eigenvalue weighted by Gasteiger charge is 2.29. The molecule has 1 saturated heterocycles. The highest BCUT2D eigenvalue weighted by Crippen LogP contribution is 2.12. The zero-order chi connectivity index (χ0) is 10.0. The van der Waals surface area contributed by atoms with Crippen molar-refractivity contribution in [1.29, 1.82) is 0 Å². The number of nitrogens with two attached hydrogens (primary N) is 2. The second-order valence-corrected chi connectivity index (χ2v) is 3.42. The van der Waals surface area contributed by atoms with Gasteiger partial charge in [0.05, 0.1) is 0 Å². The van der Waals surface area contributed by atoms with Crippen LogP contribution in [0.1, 0.15) is 19.8 Å². The Labute approximate surface area is 77.1 Å². The molecule has 0 bridgehead atoms. The minimum absolute atomic E-state index is 0.0282. The maximum atomic E-state index is 11.3. The average molecular weight is 185 g/mol. The zero-order valence-electron chi connectivity index (χ0n) is 7.69. The number of amides is 2. The molecule has 4 N–H and O–H groups in total. The summed E-state index contributed by atoms with van der Waals surface area (Å²) in [5, 5.41) is 0. The molecule has 13 heavy (non-hydrogen) atoms. The van der Waals surface area contributed by atoms with Gasteiger partial charge in [-0.05, 0) is 13.3 Å². The van der Waals surface area contributed by atoms with E-state index >= 15 is 0 Å². The van der Waals surface area contributed by atoms with Gasteiger partial charge in [0, 0.05) is 19.0 Å². The number of carbonyl (C=O) groups is 2. The lowest BCUT2D eigenvalue weighted by Crippen LogP contribution is -2.53. The maximum absolute atomic E-state index is 11.3. The van der Waals surface area contributed by atoms with E-state index in [1.165, 1.54) is 4.90 Å². The van der Waals surface area contributed by atoms with E-state index in [1.54, 1.807) is 6.92 Å². The minimum atomic E-state index is -0.543. The minimum Gasteiger partial charge on any atom is -0.368 e. The molecular weight excluding hydrogens is 170 g/mol. The van der Waals surface area contributed by atoms with Crippen molar-refractivity contribution < 1.29 is 9.59 Å². The SMILES string of the molecule is C[C@H](C(N)=O)N1C[C@H](N)CCC1=O. The molecule has 0 unspecified atom stereocenters. The molecule has 2 atom stereocenters. The fourth-order valence-electron chi connectivity index (χ4n) is 1.43. The van der Waals surface area contributed by atoms with Crippen LogP contribution in [-0.2, 0) is 9.59 Å². The summed E-state index contributed by atoms with van der Waals surface area (Å²) in [6.45, 7) is 2.06. The second kappa shape index (κ2) is 3.74. The number of hydrogen-bond acceptors (Lipinski definition) is 3. The van der Waals surface area contributed by atoms with Crippen LogP contribution in [-0.4, -0.2) is 35.3 Å². The van der Waals surface area contributed by atoms with Gasteiger partial charge in [-0.25, -0.2) is 0 Å². The smallest absolute Gasteiger partial charge is 0.239 e. The summed E-state index contributed by atoms with van der Waals surface area (Å²) in [6.07, 6.45) is 1.11. The summed E-state index contributed by atoms with van der Waals surface area (Å²) >= 11 is 0. The summed E-state index contributed by atoms with van der Waals surface area (Å²) in [5.74, 6) is -0.518. The van der Waals surface area contributed by atoms with Gasteiger partial charge in [-0.3, -0.25) is 9.59 Å². The topological polar surface area (TPSA) is 89.4 Å². The van der Waals surface area contributed by atoms with Crippen LogP contribution in [0.25, 0.3) is 0 Å². The number of likely N-dealkylation sites (tertiary alicyclic amines) is 1. The normalized spacial score (nSPS) is 25.8. The number of piperidine rings is 1. The van der Waals surface area contributed by atoms with E-state index in [0.29, 0.717) is 19.4 Å². The fourth-order valence-corrected chi connectivity index (χ4v) is 1.43. The molecule has 5 nitrogen and oxygen atoms in total. The molecule has 1 rings (SSSR count). The van der Waals surface area contributed by atoms with Gasteiger partial charge in [0.15, 0.2) is 0 Å². The van der Waals surface area contributed by atoms with Gasteiger partial charge in [-0.2, -0.15) is 0 Å². The van der Waals surface area contributed by atoms with Crippen LogP contribution in [0.15, 0.2) is 0 Å². The van der Waals surface area contributed by atoms with E-state index in [-0.39, 0.29) is 11.9 Å². The molecule has 74 valence electrons. The van der Waals surface area contributed by atoms with Crippen molar-refractivity contribution >= 4 is 11.8 Å². The first kappa shape index (κ1) is 9.98. The third-order valence-electron chi connectivity index (χ3n) is 2.36. The van der Waals surface area contributed by atoms with Gasteiger partial charge in [0.25, 0.3) is 0 Å². The highest BCUT2D eigenvalue weighted by molar-refractivity contribution is 5.86. The Kier molecular flexibility index (Phi) is 2.87. The molecule has 0 aromatic heterocycles. The number of rotatable bonds is 2. The van der Waals surface area contributed by atoms with Gasteiger partial charge < -0.3 is 16.4 Å². The quantitative estimate of drug-likeness (QED) is 0.567. The van der Waals surface area contributed by atoms with Crippen LogP contribution in [0.3, 0.4) is 0 Å². The second-order valence-electron chi connectivity index (χ2n) is 3.42. The van der Waals surface area contributed by atoms with Crippen LogP contribution in [0.4, 0.5) is 0 Å². The standard InChI is InChI=1S/C8H15N3O2/c1-5(8(10)13)11-4-6(9)2-3-7(11)12/h5-6H,2-4,9H2,1H3,(H2,10,13)/t5-,6-/m1/s1. The van der Waals surface area contributed by atoms with Crippen LogP contribution in [0.5, 0.6) is 0 Å². The zero-order valence-corrected chi connectivity index (χ0v) is 7.69. The Bertz CT molecular complexity index is 229. The Morgan fingerprint density at radius 3 is 2.85 bits per heavy atom. The first-order valence-electron chi connectivity index (χ1n) is 4.36. The fraction of sp³-hybridized carbons (Fsp3) is 0.750. The van der Waals surface area contributed by atoms with Crippen molar-refractivity contribution in [3.8, 4) is 0 Å². The molecule has 1 aliphatic heterocycles. The lowest BCUT2D eigenvalue weighted by Gasteiger charge is -2.33. The van der Waals surface area contributed by atoms with Crippen LogP contribution >= 0.6 is 0 Å². The monoisotopic (exact) mass is 185 g/mol. The Morgan fingerprint density at radius 2 is 2.31 bits per heavy atom. The van der Waals surface area contributed by atoms with E-state index in [9.17, 15) is 9.59 Å². The van der Waals surface area contributed by atoms with E-state index in [4.69, 9.17) is 11.5 Å². The maximum Gasteiger partial charge on any atom is 0.239 e. The van der Waals surface area contributed by atoms with Crippen molar-refractivity contribution in [1.82, 2.24) is 4.90 Å². The summed E-state index contributed by atoms with van der Waals surface area (Å²) in [6, 6.07) is -0.571. The molecule has 0 aromatic carbocycles. The predicted octanol–water partition coefficient (Wildman–Crippen LogP) is -1.19. The van der Waals surface area contributed by atoms with Crippen molar-refractivity contribution in [3.05, 3.63) is 0 Å². The average Bonchev–Trinajstić information content (AvgIpc) is 2.08. The molecule has 1 aliphatic rings. The van der Waals surface area contributed by atoms with Gasteiger partial charge in [-0.1, -0.05) is 0 Å². The lowest BCUT2D eigenvalue weighted by atomic mass is 10.0. The molecule has 0 aliphatic carbocycles. The largest absolute Gasteiger partial charge is 0.368 e. The summed E-state index contributed by atoms with van der Waals surface area (Å²) < 4.78 is 0. The molecule has 0 saturated carbocycles. The molecular formula is C8H15N3O2. The Hall–Kier alpha value is -1.10. The van der Waals surface area contributed by atoms with Gasteiger partial charge >= 0.3 is 0 Å². The van der Waals surface area contributed by atoms with Crippen LogP contribution < -0.4 is 11.5 Å². The van der Waals surface area contributed by atoms with Crippen molar-refractivity contribution in [2.24, 2.45) is 11.5 Å². The molecule has 0 spiro atoms. The van der Waals surface area contributed by atoms with Gasteiger partial charge in [0.1, 0.15) is 6.04 Å². The number of hydrogen-bond donors (Lipinski definition) is 2. The number of primary amides is 1. The first-order valence-corrected chi connectivity index (χ1v) is 4.36. The summed E-state index contributed by atoms with van der Waals surface area (Å²) in [5.41, 5.74) is 10.8. The number of carbonyl (C=O) groups excluding carboxylic acids is 2. The summed E-state index contributed by atoms with van der Waals surface area (Å²) in [7, 11) is 0. The molecule has 0 radical (unpaired) electrons. The molecule has 1 heterocycles. The van der Waals surface area contributed by atoms with Crippen LogP contribution in [0, 0.1) is 0 Å². The molecule has 0 aromatic rings. The summed E-state index contributed by atoms with van der Waals surface area (Å²) in [4.78, 5) is 23.6. The Morgan fingerprint density at radius 1 is 1.69 bits per heavy atom. The predicted molar refractivity (Wildman–Crippen MR) is 47.6 cm³/mol. The lowest BCUT2D eigenvalue weighted by molar-refractivity contribution is -0.141. The van der Waals surface area contributed by atoms with Crippen molar-refractivity contribution in [3.63, 3.8) is 0 Å². The van der Waals surface area contributed by atoms with Gasteiger partial charge in [0.2, 0.25) is 11.8 Å². The van der Waals surface area contributed by atoms with E-state index < -0.39 is 11.9 Å². The third-order valence-corrected chi connectivity index (χ3v) is 2.36. The van der Waals surface area contributed by atoms with Crippen molar-refractivity contribution in [2.75, 3.05) is 6.54 Å². The van der Waals surface area contributed by atoms with E-state index in [0.717, 1.165) is 0 Å². The van der Waals surface area contributed by atoms with Crippen molar-refractivity contribution in [2.45, 2.75) is 31.8 Å². The number of nitrogens with zero attached hydrogens (tertiary/aromatic N) is 1. The highest BCUT2D eigenvalue weighted by atomic mass is 16.2. The first-order chi connectivity index (χ1) is 6.02. The third kappa shape index (κ3) is 2.18. The van der Waals surface area contributed by atoms with E-state index in [2.05, 4.69) is 0 Å². The molecule has 1 fully saturated rings. The molecule has 5 heteroatoms. The van der Waals surface area contributed by atoms with E-state index in [1.807, 2.05) is 0 Å². The van der Waals surface area contributed by atoms with Crippen LogP contribution in [0.2, 0.25) is 0 Å². The molecule has 2 amide bonds. The Balaban J connectivity index is 2.65.